The van der Waals surface area contributed by atoms with Gasteiger partial charge in [0, 0.05) is 54.1 Å². The molecule has 182 valence electrons. The molecule has 0 saturated heterocycles. The van der Waals surface area contributed by atoms with E-state index in [0.717, 1.165) is 51.0 Å². The zero-order valence-electron chi connectivity index (χ0n) is 19.0. The van der Waals surface area contributed by atoms with Gasteiger partial charge in [-0.25, -0.2) is 9.97 Å². The lowest BCUT2D eigenvalue weighted by Crippen LogP contribution is -2.27. The number of aromatic nitrogens is 3. The smallest absolute Gasteiger partial charge is 0.226 e. The molecule has 4 heterocycles. The topological polar surface area (TPSA) is 83.9 Å². The molecule has 0 radical (unpaired) electrons. The number of anilines is 1. The second kappa shape index (κ2) is 11.6. The number of benzene rings is 1. The molecule has 0 atom stereocenters. The first-order valence-corrected chi connectivity index (χ1v) is 12.5. The van der Waals surface area contributed by atoms with Gasteiger partial charge in [-0.05, 0) is 36.7 Å². The molecule has 0 spiro atoms. The Morgan fingerprint density at radius 3 is 2.88 bits per heavy atom. The molecule has 1 aromatic carbocycles. The molecule has 1 amide bonds. The summed E-state index contributed by atoms with van der Waals surface area (Å²) in [6, 6.07) is 6.66. The van der Waals surface area contributed by atoms with Gasteiger partial charge in [0.1, 0.15) is 10.0 Å². The van der Waals surface area contributed by atoms with Crippen LogP contribution in [0, 0.1) is 0 Å². The van der Waals surface area contributed by atoms with Crippen molar-refractivity contribution in [2.24, 2.45) is 0 Å². The van der Waals surface area contributed by atoms with E-state index < -0.39 is 0 Å². The van der Waals surface area contributed by atoms with E-state index in [1.54, 1.807) is 35.2 Å². The first-order chi connectivity index (χ1) is 15.6. The normalized spacial score (nSPS) is 12.8. The Hall–Kier alpha value is -2.01. The summed E-state index contributed by atoms with van der Waals surface area (Å²) in [6.07, 6.45) is 6.89. The maximum atomic E-state index is 12.7. The van der Waals surface area contributed by atoms with Gasteiger partial charge in [-0.3, -0.25) is 4.79 Å². The summed E-state index contributed by atoms with van der Waals surface area (Å²) in [5.74, 6) is 0.0365. The number of rotatable bonds is 7. The lowest BCUT2D eigenvalue weighted by molar-refractivity contribution is -0.116. The Balaban J connectivity index is 0.00000162. The van der Waals surface area contributed by atoms with Crippen molar-refractivity contribution in [1.82, 2.24) is 25.2 Å². The molecule has 0 bridgehead atoms. The summed E-state index contributed by atoms with van der Waals surface area (Å²) in [5, 5.41) is 11.8. The number of amides is 1. The number of imidazole rings is 1. The summed E-state index contributed by atoms with van der Waals surface area (Å²) in [7, 11) is 0. The summed E-state index contributed by atoms with van der Waals surface area (Å²) in [5.41, 5.74) is 4.42. The number of nitrogens with one attached hydrogen (secondary N) is 3. The number of hydrogen-bond acceptors (Lipinski definition) is 7. The van der Waals surface area contributed by atoms with Crippen LogP contribution in [0.1, 0.15) is 30.7 Å². The second-order valence-corrected chi connectivity index (χ2v) is 10.3. The monoisotopic (exact) mass is 538 g/mol. The zero-order chi connectivity index (χ0) is 22.1. The average Bonchev–Trinajstić information content (AvgIpc) is 3.50. The molecule has 1 aliphatic rings. The third-order valence-electron chi connectivity index (χ3n) is 5.47. The standard InChI is InChI=1S/C23H26N6OS2.2ClH/c1-14(2)26-8-6-20(30)28-23-21(16-5-7-24-12-19(16)32-23)22-27-17-11-15(3-4-18(17)31-22)29-10-9-25-13-29;;/h3-4,9-11,13-14,24,26H,5-8,12H2,1-2H3,(H,28,30);2*1H. The van der Waals surface area contributed by atoms with Gasteiger partial charge in [0.05, 0.1) is 16.5 Å². The molecule has 34 heavy (non-hydrogen) atoms. The number of hydrogen-bond donors (Lipinski definition) is 3. The maximum Gasteiger partial charge on any atom is 0.226 e. The minimum atomic E-state index is 0. The van der Waals surface area contributed by atoms with Crippen molar-refractivity contribution in [1.29, 1.82) is 0 Å². The average molecular weight is 540 g/mol. The number of carbonyl (C=O) groups is 1. The van der Waals surface area contributed by atoms with Gasteiger partial charge in [0.25, 0.3) is 0 Å². The first kappa shape index (κ1) is 26.6. The van der Waals surface area contributed by atoms with Crippen LogP contribution in [0.3, 0.4) is 0 Å². The minimum absolute atomic E-state index is 0. The van der Waals surface area contributed by atoms with Crippen molar-refractivity contribution in [3.63, 3.8) is 0 Å². The molecule has 0 aliphatic carbocycles. The van der Waals surface area contributed by atoms with Gasteiger partial charge in [-0.15, -0.1) is 47.5 Å². The van der Waals surface area contributed by atoms with E-state index in [1.807, 2.05) is 10.8 Å². The molecule has 5 rings (SSSR count). The highest BCUT2D eigenvalue weighted by Crippen LogP contribution is 2.45. The number of thiophene rings is 1. The Morgan fingerprint density at radius 2 is 2.12 bits per heavy atom. The van der Waals surface area contributed by atoms with Crippen molar-refractivity contribution >= 4 is 68.6 Å². The third kappa shape index (κ3) is 5.62. The Bertz CT molecular complexity index is 1250. The molecule has 3 N–H and O–H groups in total. The highest BCUT2D eigenvalue weighted by Gasteiger charge is 2.25. The van der Waals surface area contributed by atoms with E-state index in [9.17, 15) is 4.79 Å². The fourth-order valence-corrected chi connectivity index (χ4v) is 6.23. The Labute approximate surface area is 219 Å². The quantitative estimate of drug-likeness (QED) is 0.307. The van der Waals surface area contributed by atoms with Crippen molar-refractivity contribution in [2.75, 3.05) is 18.4 Å². The van der Waals surface area contributed by atoms with Crippen LogP contribution in [0.5, 0.6) is 0 Å². The van der Waals surface area contributed by atoms with Crippen LogP contribution in [-0.4, -0.2) is 39.6 Å². The van der Waals surface area contributed by atoms with Gasteiger partial charge in [0.15, 0.2) is 0 Å². The van der Waals surface area contributed by atoms with Crippen LogP contribution in [-0.2, 0) is 17.8 Å². The van der Waals surface area contributed by atoms with E-state index in [1.165, 1.54) is 10.4 Å². The maximum absolute atomic E-state index is 12.7. The molecule has 0 unspecified atom stereocenters. The summed E-state index contributed by atoms with van der Waals surface area (Å²) >= 11 is 3.36. The van der Waals surface area contributed by atoms with Gasteiger partial charge in [-0.2, -0.15) is 0 Å². The molecule has 0 saturated carbocycles. The molecule has 4 aromatic rings. The minimum Gasteiger partial charge on any atom is -0.317 e. The van der Waals surface area contributed by atoms with Crippen LogP contribution >= 0.6 is 47.5 Å². The van der Waals surface area contributed by atoms with Crippen LogP contribution in [0.4, 0.5) is 5.00 Å². The highest BCUT2D eigenvalue weighted by atomic mass is 35.5. The molecule has 3 aromatic heterocycles. The zero-order valence-corrected chi connectivity index (χ0v) is 22.2. The fourth-order valence-electron chi connectivity index (χ4n) is 3.91. The molecule has 7 nitrogen and oxygen atoms in total. The largest absolute Gasteiger partial charge is 0.317 e. The molecule has 11 heteroatoms. The highest BCUT2D eigenvalue weighted by molar-refractivity contribution is 7.23. The van der Waals surface area contributed by atoms with Gasteiger partial charge < -0.3 is 20.5 Å². The van der Waals surface area contributed by atoms with Crippen LogP contribution in [0.2, 0.25) is 0 Å². The molecule has 0 fully saturated rings. The number of fused-ring (bicyclic) bond motifs is 2. The Kier molecular flexibility index (Phi) is 9.08. The lowest BCUT2D eigenvalue weighted by atomic mass is 10.0. The SMILES string of the molecule is CC(C)NCCC(=O)Nc1sc2c(c1-c1nc3cc(-n4ccnc4)ccc3s1)CCNC2.Cl.Cl. The summed E-state index contributed by atoms with van der Waals surface area (Å²) < 4.78 is 3.11. The van der Waals surface area contributed by atoms with Crippen molar-refractivity contribution < 1.29 is 4.79 Å². The van der Waals surface area contributed by atoms with Crippen molar-refractivity contribution in [3.8, 4) is 16.3 Å². The van der Waals surface area contributed by atoms with Crippen molar-refractivity contribution in [2.45, 2.75) is 39.3 Å². The molecular formula is C23H28Cl2N6OS2. The lowest BCUT2D eigenvalue weighted by Gasteiger charge is -2.13. The van der Waals surface area contributed by atoms with E-state index in [0.29, 0.717) is 19.0 Å². The van der Waals surface area contributed by atoms with Gasteiger partial charge in [-0.1, -0.05) is 13.8 Å². The first-order valence-electron chi connectivity index (χ1n) is 10.9. The fraction of sp³-hybridized carbons (Fsp3) is 0.348. The van der Waals surface area contributed by atoms with Gasteiger partial charge in [0.2, 0.25) is 5.91 Å². The molecule has 1 aliphatic heterocycles. The van der Waals surface area contributed by atoms with Crippen molar-refractivity contribution in [3.05, 3.63) is 47.4 Å². The Morgan fingerprint density at radius 1 is 1.26 bits per heavy atom. The van der Waals surface area contributed by atoms with Crippen LogP contribution < -0.4 is 16.0 Å². The number of carbonyl (C=O) groups excluding carboxylic acids is 1. The van der Waals surface area contributed by atoms with Crippen LogP contribution in [0.15, 0.2) is 36.9 Å². The predicted octanol–water partition coefficient (Wildman–Crippen LogP) is 5.03. The summed E-state index contributed by atoms with van der Waals surface area (Å²) in [4.78, 5) is 23.1. The summed E-state index contributed by atoms with van der Waals surface area (Å²) in [6.45, 7) is 6.62. The van der Waals surface area contributed by atoms with E-state index in [-0.39, 0.29) is 30.7 Å². The van der Waals surface area contributed by atoms with E-state index in [2.05, 4.69) is 53.0 Å². The van der Waals surface area contributed by atoms with E-state index in [4.69, 9.17) is 4.98 Å². The van der Waals surface area contributed by atoms with Gasteiger partial charge >= 0.3 is 0 Å². The van der Waals surface area contributed by atoms with E-state index >= 15 is 0 Å². The van der Waals surface area contributed by atoms with Crippen LogP contribution in [0.25, 0.3) is 26.5 Å². The third-order valence-corrected chi connectivity index (χ3v) is 7.67. The number of thiazole rings is 1. The number of halogens is 2. The second-order valence-electron chi connectivity index (χ2n) is 8.18. The molecular weight excluding hydrogens is 511 g/mol. The predicted molar refractivity (Wildman–Crippen MR) is 146 cm³/mol. The number of nitrogens with zero attached hydrogens (tertiary/aromatic N) is 3.